The summed E-state index contributed by atoms with van der Waals surface area (Å²) >= 11 is 0. The van der Waals surface area contributed by atoms with E-state index in [1.165, 1.54) is 0 Å². The van der Waals surface area contributed by atoms with Crippen LogP contribution in [-0.2, 0) is 11.2 Å². The molecule has 2 N–H and O–H groups in total. The van der Waals surface area contributed by atoms with Crippen LogP contribution in [0.1, 0.15) is 43.1 Å². The Bertz CT molecular complexity index is 1170. The first-order chi connectivity index (χ1) is 15.9. The number of nitrogens with zero attached hydrogens (tertiary/aromatic N) is 3. The van der Waals surface area contributed by atoms with Gasteiger partial charge in [0.25, 0.3) is 5.89 Å². The lowest BCUT2D eigenvalue weighted by Crippen LogP contribution is -2.43. The molecular formula is C24H23F3N4O2. The molecule has 172 valence electrons. The first kappa shape index (κ1) is 21.6. The number of rotatable bonds is 6. The van der Waals surface area contributed by atoms with E-state index >= 15 is 0 Å². The molecule has 2 aliphatic rings. The number of hydrogen-bond acceptors (Lipinski definition) is 5. The molecule has 1 aliphatic heterocycles. The minimum atomic E-state index is -1.26. The van der Waals surface area contributed by atoms with Gasteiger partial charge < -0.3 is 15.2 Å². The Morgan fingerprint density at radius 2 is 1.88 bits per heavy atom. The lowest BCUT2D eigenvalue weighted by molar-refractivity contribution is -0.136. The number of carbonyl (C=O) groups excluding carboxylic acids is 1. The number of hydrogen-bond donors (Lipinski definition) is 1. The summed E-state index contributed by atoms with van der Waals surface area (Å²) in [5.41, 5.74) is 6.86. The van der Waals surface area contributed by atoms with Crippen molar-refractivity contribution in [3.8, 4) is 11.5 Å². The zero-order valence-electron chi connectivity index (χ0n) is 17.8. The van der Waals surface area contributed by atoms with E-state index in [1.54, 1.807) is 4.90 Å². The van der Waals surface area contributed by atoms with Crippen LogP contribution in [0.15, 0.2) is 47.0 Å². The Morgan fingerprint density at radius 1 is 1.12 bits per heavy atom. The van der Waals surface area contributed by atoms with Crippen molar-refractivity contribution in [1.82, 2.24) is 15.0 Å². The molecule has 1 saturated carbocycles. The number of benzene rings is 2. The molecule has 33 heavy (non-hydrogen) atoms. The molecule has 0 radical (unpaired) electrons. The van der Waals surface area contributed by atoms with Crippen molar-refractivity contribution >= 4 is 5.91 Å². The van der Waals surface area contributed by atoms with E-state index in [0.717, 1.165) is 30.9 Å². The molecule has 9 heteroatoms. The van der Waals surface area contributed by atoms with Crippen molar-refractivity contribution in [2.24, 2.45) is 11.7 Å². The number of fused-ring (bicyclic) bond motifs is 2. The minimum absolute atomic E-state index is 0.0540. The van der Waals surface area contributed by atoms with Crippen molar-refractivity contribution in [2.75, 3.05) is 0 Å². The molecule has 1 aromatic heterocycles. The van der Waals surface area contributed by atoms with E-state index < -0.39 is 23.5 Å². The van der Waals surface area contributed by atoms with E-state index in [1.807, 2.05) is 30.3 Å². The predicted molar refractivity (Wildman–Crippen MR) is 113 cm³/mol. The van der Waals surface area contributed by atoms with E-state index in [2.05, 4.69) is 10.1 Å². The maximum atomic E-state index is 14.0. The summed E-state index contributed by atoms with van der Waals surface area (Å²) < 4.78 is 46.1. The number of amides is 1. The van der Waals surface area contributed by atoms with Crippen molar-refractivity contribution in [3.63, 3.8) is 0 Å². The SMILES string of the molecule is N[C@@H](CC(=O)N1C2CCC(C2)[C@H]1c1noc(-c2ccccc2)n1)Cc1cc(F)c(F)cc1F. The highest BCUT2D eigenvalue weighted by molar-refractivity contribution is 5.78. The average molecular weight is 456 g/mol. The Kier molecular flexibility index (Phi) is 5.65. The molecule has 3 aromatic rings. The normalized spacial score (nSPS) is 22.7. The quantitative estimate of drug-likeness (QED) is 0.563. The van der Waals surface area contributed by atoms with Gasteiger partial charge in [-0.25, -0.2) is 13.2 Å². The molecule has 4 atom stereocenters. The highest BCUT2D eigenvalue weighted by Crippen LogP contribution is 2.50. The van der Waals surface area contributed by atoms with Crippen molar-refractivity contribution in [3.05, 3.63) is 71.3 Å². The fourth-order valence-corrected chi connectivity index (χ4v) is 5.14. The third kappa shape index (κ3) is 4.13. The van der Waals surface area contributed by atoms with Gasteiger partial charge in [0.15, 0.2) is 17.5 Å². The van der Waals surface area contributed by atoms with Gasteiger partial charge in [0, 0.05) is 30.1 Å². The summed E-state index contributed by atoms with van der Waals surface area (Å²) in [5, 5.41) is 4.16. The van der Waals surface area contributed by atoms with E-state index in [9.17, 15) is 18.0 Å². The second-order valence-corrected chi connectivity index (χ2v) is 8.82. The molecule has 2 unspecified atom stereocenters. The third-order valence-electron chi connectivity index (χ3n) is 6.61. The molecular weight excluding hydrogens is 433 g/mol. The predicted octanol–water partition coefficient (Wildman–Crippen LogP) is 4.17. The van der Waals surface area contributed by atoms with Crippen LogP contribution in [0, 0.1) is 23.4 Å². The lowest BCUT2D eigenvalue weighted by atomic mass is 9.96. The van der Waals surface area contributed by atoms with Gasteiger partial charge in [0.2, 0.25) is 5.91 Å². The molecule has 0 spiro atoms. The van der Waals surface area contributed by atoms with Crippen LogP contribution in [-0.4, -0.2) is 33.0 Å². The summed E-state index contributed by atoms with van der Waals surface area (Å²) in [6.07, 6.45) is 2.59. The number of nitrogens with two attached hydrogens (primary N) is 1. The third-order valence-corrected chi connectivity index (χ3v) is 6.61. The van der Waals surface area contributed by atoms with Crippen LogP contribution in [0.25, 0.3) is 11.5 Å². The molecule has 5 rings (SSSR count). The summed E-state index contributed by atoms with van der Waals surface area (Å²) in [7, 11) is 0. The molecule has 2 aromatic carbocycles. The fourth-order valence-electron chi connectivity index (χ4n) is 5.14. The van der Waals surface area contributed by atoms with Gasteiger partial charge in [-0.15, -0.1) is 0 Å². The molecule has 1 amide bonds. The van der Waals surface area contributed by atoms with Crippen LogP contribution in [0.2, 0.25) is 0 Å². The zero-order chi connectivity index (χ0) is 23.1. The Hall–Kier alpha value is -3.20. The van der Waals surface area contributed by atoms with Gasteiger partial charge in [-0.05, 0) is 55.4 Å². The first-order valence-corrected chi connectivity index (χ1v) is 11.0. The number of likely N-dealkylation sites (tertiary alicyclic amines) is 1. The molecule has 2 fully saturated rings. The van der Waals surface area contributed by atoms with Crippen LogP contribution >= 0.6 is 0 Å². The molecule has 2 bridgehead atoms. The topological polar surface area (TPSA) is 85.3 Å². The van der Waals surface area contributed by atoms with Crippen molar-refractivity contribution in [2.45, 2.75) is 50.2 Å². The monoisotopic (exact) mass is 456 g/mol. The lowest BCUT2D eigenvalue weighted by Gasteiger charge is -2.34. The summed E-state index contributed by atoms with van der Waals surface area (Å²) in [4.78, 5) is 19.6. The molecule has 6 nitrogen and oxygen atoms in total. The number of halogens is 3. The van der Waals surface area contributed by atoms with Gasteiger partial charge in [0.1, 0.15) is 5.82 Å². The highest BCUT2D eigenvalue weighted by atomic mass is 19.2. The van der Waals surface area contributed by atoms with E-state index in [0.29, 0.717) is 17.8 Å². The van der Waals surface area contributed by atoms with Gasteiger partial charge >= 0.3 is 0 Å². The van der Waals surface area contributed by atoms with Gasteiger partial charge in [-0.1, -0.05) is 23.4 Å². The Labute approximate surface area is 188 Å². The molecule has 2 heterocycles. The Morgan fingerprint density at radius 3 is 2.67 bits per heavy atom. The maximum absolute atomic E-state index is 14.0. The van der Waals surface area contributed by atoms with Gasteiger partial charge in [-0.3, -0.25) is 4.79 Å². The summed E-state index contributed by atoms with van der Waals surface area (Å²) in [6.45, 7) is 0. The van der Waals surface area contributed by atoms with Crippen LogP contribution in [0.4, 0.5) is 13.2 Å². The fraction of sp³-hybridized carbons (Fsp3) is 0.375. The van der Waals surface area contributed by atoms with Crippen LogP contribution in [0.3, 0.4) is 0 Å². The van der Waals surface area contributed by atoms with Gasteiger partial charge in [-0.2, -0.15) is 4.98 Å². The van der Waals surface area contributed by atoms with E-state index in [4.69, 9.17) is 10.3 Å². The first-order valence-electron chi connectivity index (χ1n) is 11.0. The van der Waals surface area contributed by atoms with Crippen LogP contribution < -0.4 is 5.73 Å². The summed E-state index contributed by atoms with van der Waals surface area (Å²) in [5.74, 6) is -2.37. The Balaban J connectivity index is 1.32. The van der Waals surface area contributed by atoms with Gasteiger partial charge in [0.05, 0.1) is 6.04 Å². The number of piperidine rings is 1. The van der Waals surface area contributed by atoms with Crippen LogP contribution in [0.5, 0.6) is 0 Å². The minimum Gasteiger partial charge on any atom is -0.334 e. The average Bonchev–Trinajstić information content (AvgIpc) is 3.54. The smallest absolute Gasteiger partial charge is 0.257 e. The second kappa shape index (κ2) is 8.62. The molecule has 1 saturated heterocycles. The second-order valence-electron chi connectivity index (χ2n) is 8.82. The molecule has 1 aliphatic carbocycles. The standard InChI is InChI=1S/C24H23F3N4O2/c25-18-12-20(27)19(26)10-15(18)8-16(28)11-21(32)31-17-7-6-14(9-17)22(31)23-29-24(33-30-23)13-4-2-1-3-5-13/h1-5,10,12,14,16-17,22H,6-9,11,28H2/t14?,16-,17?,22+/m1/s1. The maximum Gasteiger partial charge on any atom is 0.257 e. The summed E-state index contributed by atoms with van der Waals surface area (Å²) in [6, 6.07) is 9.70. The number of carbonyl (C=O) groups is 1. The van der Waals surface area contributed by atoms with Crippen molar-refractivity contribution in [1.29, 1.82) is 0 Å². The number of aromatic nitrogens is 2. The largest absolute Gasteiger partial charge is 0.334 e. The highest BCUT2D eigenvalue weighted by Gasteiger charge is 2.50. The zero-order valence-corrected chi connectivity index (χ0v) is 17.8. The van der Waals surface area contributed by atoms with E-state index in [-0.39, 0.29) is 42.3 Å². The van der Waals surface area contributed by atoms with Crippen molar-refractivity contribution < 1.29 is 22.5 Å².